The van der Waals surface area contributed by atoms with E-state index in [1.165, 1.54) is 18.9 Å². The van der Waals surface area contributed by atoms with E-state index in [-0.39, 0.29) is 38.1 Å². The standard InChI is InChI=1S/C18H32O7S.C8H15NO3/c1-7-17(2,3)16(22)25-11-13(19)10-24-14(20)8-9-26-12-18(4,5)15(21)23-6;1-4-8(2,3)7(12)9-5-6(10)11/h13,19H,7-12H2,1-6H3;4-5H2,1-3H3,(H,9,12)(H,10,11). The Labute approximate surface area is 230 Å². The van der Waals surface area contributed by atoms with Crippen molar-refractivity contribution in [3.05, 3.63) is 0 Å². The number of carboxylic acids is 1. The molecule has 0 aromatic rings. The van der Waals surface area contributed by atoms with Gasteiger partial charge in [0.2, 0.25) is 5.91 Å². The summed E-state index contributed by atoms with van der Waals surface area (Å²) in [4.78, 5) is 56.3. The highest BCUT2D eigenvalue weighted by molar-refractivity contribution is 7.99. The van der Waals surface area contributed by atoms with E-state index < -0.39 is 40.3 Å². The zero-order valence-corrected chi connectivity index (χ0v) is 25.1. The Kier molecular flexibility index (Phi) is 17.9. The molecule has 1 atom stereocenters. The molecule has 0 heterocycles. The minimum Gasteiger partial charge on any atom is -0.480 e. The monoisotopic (exact) mass is 565 g/mol. The van der Waals surface area contributed by atoms with Crippen LogP contribution in [0.4, 0.5) is 0 Å². The maximum atomic E-state index is 11.8. The largest absolute Gasteiger partial charge is 0.480 e. The number of methoxy groups -OCH3 is 1. The number of esters is 3. The van der Waals surface area contributed by atoms with Gasteiger partial charge in [-0.15, -0.1) is 0 Å². The summed E-state index contributed by atoms with van der Waals surface area (Å²) >= 11 is 1.45. The first kappa shape index (κ1) is 37.8. The average molecular weight is 566 g/mol. The van der Waals surface area contributed by atoms with Gasteiger partial charge in [0.15, 0.2) is 0 Å². The van der Waals surface area contributed by atoms with E-state index in [0.29, 0.717) is 24.3 Å². The molecule has 0 saturated carbocycles. The first-order chi connectivity index (χ1) is 17.4. The zero-order chi connectivity index (χ0) is 30.2. The number of ether oxygens (including phenoxy) is 3. The van der Waals surface area contributed by atoms with Crippen LogP contribution in [0.5, 0.6) is 0 Å². The Morgan fingerprint density at radius 2 is 1.37 bits per heavy atom. The summed E-state index contributed by atoms with van der Waals surface area (Å²) in [5.74, 6) is -1.35. The van der Waals surface area contributed by atoms with Gasteiger partial charge in [-0.25, -0.2) is 0 Å². The number of amides is 1. The number of hydrogen-bond acceptors (Lipinski definition) is 10. The number of carboxylic acid groups (broad SMARTS) is 1. The molecule has 0 aliphatic heterocycles. The van der Waals surface area contributed by atoms with Crippen LogP contribution in [0.2, 0.25) is 0 Å². The van der Waals surface area contributed by atoms with Crippen LogP contribution in [-0.4, -0.2) is 84.5 Å². The van der Waals surface area contributed by atoms with Gasteiger partial charge in [-0.3, -0.25) is 24.0 Å². The van der Waals surface area contributed by atoms with E-state index in [9.17, 15) is 29.1 Å². The lowest BCUT2D eigenvalue weighted by molar-refractivity contribution is -0.159. The molecule has 0 radical (unpaired) electrons. The normalized spacial score (nSPS) is 12.4. The van der Waals surface area contributed by atoms with E-state index in [4.69, 9.17) is 19.3 Å². The van der Waals surface area contributed by atoms with Crippen molar-refractivity contribution in [3.8, 4) is 0 Å². The van der Waals surface area contributed by atoms with Gasteiger partial charge < -0.3 is 29.7 Å². The van der Waals surface area contributed by atoms with Crippen LogP contribution < -0.4 is 5.32 Å². The number of aliphatic hydroxyl groups is 1. The van der Waals surface area contributed by atoms with Gasteiger partial charge in [0.1, 0.15) is 25.9 Å². The average Bonchev–Trinajstić information content (AvgIpc) is 2.86. The Bertz CT molecular complexity index is 780. The second kappa shape index (κ2) is 18.0. The first-order valence-electron chi connectivity index (χ1n) is 12.5. The first-order valence-corrected chi connectivity index (χ1v) is 13.7. The highest BCUT2D eigenvalue weighted by atomic mass is 32.2. The number of carbonyl (C=O) groups is 5. The Morgan fingerprint density at radius 3 is 1.84 bits per heavy atom. The summed E-state index contributed by atoms with van der Waals surface area (Å²) in [5.41, 5.74) is -1.70. The number of hydrogen-bond donors (Lipinski definition) is 3. The third kappa shape index (κ3) is 16.5. The Hall–Kier alpha value is -2.34. The van der Waals surface area contributed by atoms with Gasteiger partial charge in [0.05, 0.1) is 24.4 Å². The van der Waals surface area contributed by atoms with Crippen molar-refractivity contribution in [2.24, 2.45) is 16.2 Å². The van der Waals surface area contributed by atoms with Crippen LogP contribution in [0.25, 0.3) is 0 Å². The van der Waals surface area contributed by atoms with E-state index >= 15 is 0 Å². The molecule has 0 aliphatic rings. The SMILES string of the molecule is CCC(C)(C)C(=O)NCC(=O)O.CCC(C)(C)C(=O)OCC(O)COC(=O)CCSCC(C)(C)C(=O)OC. The van der Waals surface area contributed by atoms with Gasteiger partial charge in [-0.2, -0.15) is 11.8 Å². The van der Waals surface area contributed by atoms with Crippen LogP contribution in [0.15, 0.2) is 0 Å². The van der Waals surface area contributed by atoms with Crippen LogP contribution in [0.3, 0.4) is 0 Å². The van der Waals surface area contributed by atoms with Crippen LogP contribution in [-0.2, 0) is 38.2 Å². The molecular weight excluding hydrogens is 518 g/mol. The van der Waals surface area contributed by atoms with E-state index in [1.54, 1.807) is 41.5 Å². The smallest absolute Gasteiger partial charge is 0.322 e. The zero-order valence-electron chi connectivity index (χ0n) is 24.3. The number of rotatable bonds is 16. The summed E-state index contributed by atoms with van der Waals surface area (Å²) in [5, 5.41) is 20.4. The predicted octanol–water partition coefficient (Wildman–Crippen LogP) is 2.82. The third-order valence-electron chi connectivity index (χ3n) is 5.83. The number of thioether (sulfide) groups is 1. The van der Waals surface area contributed by atoms with E-state index in [1.807, 2.05) is 13.8 Å². The van der Waals surface area contributed by atoms with Crippen molar-refractivity contribution < 1.29 is 48.4 Å². The molecule has 0 bridgehead atoms. The molecule has 3 N–H and O–H groups in total. The number of aliphatic hydroxyl groups excluding tert-OH is 1. The van der Waals surface area contributed by atoms with Crippen LogP contribution >= 0.6 is 11.8 Å². The van der Waals surface area contributed by atoms with Gasteiger partial charge in [0.25, 0.3) is 0 Å². The molecule has 0 aromatic heterocycles. The minimum absolute atomic E-state index is 0.164. The fourth-order valence-electron chi connectivity index (χ4n) is 2.19. The maximum Gasteiger partial charge on any atom is 0.322 e. The van der Waals surface area contributed by atoms with Crippen molar-refractivity contribution in [1.82, 2.24) is 5.32 Å². The van der Waals surface area contributed by atoms with Crippen molar-refractivity contribution in [1.29, 1.82) is 0 Å². The third-order valence-corrected chi connectivity index (χ3v) is 7.25. The van der Waals surface area contributed by atoms with Gasteiger partial charge in [0, 0.05) is 16.9 Å². The molecule has 38 heavy (non-hydrogen) atoms. The lowest BCUT2D eigenvalue weighted by atomic mass is 9.89. The molecule has 12 heteroatoms. The molecule has 0 aromatic carbocycles. The Morgan fingerprint density at radius 1 is 0.842 bits per heavy atom. The van der Waals surface area contributed by atoms with Gasteiger partial charge >= 0.3 is 23.9 Å². The summed E-state index contributed by atoms with van der Waals surface area (Å²) in [6.45, 7) is 13.7. The van der Waals surface area contributed by atoms with Crippen molar-refractivity contribution in [2.75, 3.05) is 38.4 Å². The highest BCUT2D eigenvalue weighted by Gasteiger charge is 2.29. The molecule has 1 amide bonds. The van der Waals surface area contributed by atoms with Crippen molar-refractivity contribution >= 4 is 41.5 Å². The molecule has 0 spiro atoms. The van der Waals surface area contributed by atoms with Crippen molar-refractivity contribution in [2.45, 2.75) is 80.8 Å². The second-order valence-electron chi connectivity index (χ2n) is 10.7. The molecular formula is C26H47NO10S. The quantitative estimate of drug-likeness (QED) is 0.143. The maximum absolute atomic E-state index is 11.8. The molecule has 0 fully saturated rings. The second-order valence-corrected chi connectivity index (χ2v) is 11.8. The Balaban J connectivity index is 0. The topological polar surface area (TPSA) is 166 Å². The van der Waals surface area contributed by atoms with Gasteiger partial charge in [-0.05, 0) is 40.5 Å². The summed E-state index contributed by atoms with van der Waals surface area (Å²) in [6, 6.07) is 0. The summed E-state index contributed by atoms with van der Waals surface area (Å²) in [6.07, 6.45) is 0.429. The molecule has 0 saturated heterocycles. The van der Waals surface area contributed by atoms with E-state index in [0.717, 1.165) is 0 Å². The number of nitrogens with one attached hydrogen (secondary N) is 1. The fourth-order valence-corrected chi connectivity index (χ4v) is 3.28. The molecule has 0 aliphatic carbocycles. The van der Waals surface area contributed by atoms with Crippen molar-refractivity contribution in [3.63, 3.8) is 0 Å². The van der Waals surface area contributed by atoms with Crippen LogP contribution in [0.1, 0.15) is 74.7 Å². The highest BCUT2D eigenvalue weighted by Crippen LogP contribution is 2.24. The lowest BCUT2D eigenvalue weighted by Crippen LogP contribution is -2.39. The minimum atomic E-state index is -1.05. The summed E-state index contributed by atoms with van der Waals surface area (Å²) in [7, 11) is 1.35. The lowest BCUT2D eigenvalue weighted by Gasteiger charge is -2.21. The number of carbonyl (C=O) groups excluding carboxylic acids is 4. The summed E-state index contributed by atoms with van der Waals surface area (Å²) < 4.78 is 14.7. The fraction of sp³-hybridized carbons (Fsp3) is 0.808. The van der Waals surface area contributed by atoms with Crippen LogP contribution in [0, 0.1) is 16.2 Å². The van der Waals surface area contributed by atoms with E-state index in [2.05, 4.69) is 5.32 Å². The molecule has 0 rings (SSSR count). The molecule has 11 nitrogen and oxygen atoms in total. The van der Waals surface area contributed by atoms with Gasteiger partial charge in [-0.1, -0.05) is 27.7 Å². The molecule has 222 valence electrons. The number of aliphatic carboxylic acids is 1. The predicted molar refractivity (Wildman–Crippen MR) is 144 cm³/mol. The molecule has 1 unspecified atom stereocenters.